The minimum Gasteiger partial charge on any atom is -0.309 e. The van der Waals surface area contributed by atoms with E-state index >= 15 is 0 Å². The molecule has 0 saturated heterocycles. The standard InChI is InChI=1S/C15H9Br2FN2OS/c16-8-5-9-14(10(17)6-8)19-13(20-15(9)21)7-22-12-4-2-1-3-11(12)18/h1-6H,7H2,(H,19,20,21). The second kappa shape index (κ2) is 6.52. The first-order valence-corrected chi connectivity index (χ1v) is 8.87. The van der Waals surface area contributed by atoms with E-state index in [-0.39, 0.29) is 11.4 Å². The molecule has 0 aliphatic carbocycles. The summed E-state index contributed by atoms with van der Waals surface area (Å²) in [7, 11) is 0. The van der Waals surface area contributed by atoms with Crippen LogP contribution < -0.4 is 5.56 Å². The van der Waals surface area contributed by atoms with Gasteiger partial charge in [0.2, 0.25) is 0 Å². The Bertz CT molecular complexity index is 914. The quantitative estimate of drug-likeness (QED) is 0.586. The van der Waals surface area contributed by atoms with Crippen molar-refractivity contribution in [3.05, 3.63) is 67.3 Å². The van der Waals surface area contributed by atoms with Gasteiger partial charge in [-0.25, -0.2) is 9.37 Å². The van der Waals surface area contributed by atoms with E-state index in [4.69, 9.17) is 0 Å². The molecule has 0 amide bonds. The summed E-state index contributed by atoms with van der Waals surface area (Å²) in [5.74, 6) is 0.615. The molecule has 22 heavy (non-hydrogen) atoms. The molecule has 3 rings (SSSR count). The Hall–Kier alpha value is -1.18. The maximum Gasteiger partial charge on any atom is 0.258 e. The monoisotopic (exact) mass is 442 g/mol. The summed E-state index contributed by atoms with van der Waals surface area (Å²) in [6.45, 7) is 0. The van der Waals surface area contributed by atoms with Crippen LogP contribution in [0.4, 0.5) is 4.39 Å². The van der Waals surface area contributed by atoms with Crippen LogP contribution in [0.1, 0.15) is 5.82 Å². The topological polar surface area (TPSA) is 45.8 Å². The van der Waals surface area contributed by atoms with Crippen LogP contribution in [-0.2, 0) is 5.75 Å². The van der Waals surface area contributed by atoms with Crippen LogP contribution in [-0.4, -0.2) is 9.97 Å². The fourth-order valence-electron chi connectivity index (χ4n) is 1.99. The Labute approximate surface area is 146 Å². The van der Waals surface area contributed by atoms with Gasteiger partial charge < -0.3 is 4.98 Å². The zero-order valence-electron chi connectivity index (χ0n) is 11.1. The summed E-state index contributed by atoms with van der Waals surface area (Å²) < 4.78 is 15.1. The molecule has 0 spiro atoms. The molecule has 3 nitrogen and oxygen atoms in total. The molecule has 0 unspecified atom stereocenters. The molecule has 0 fully saturated rings. The van der Waals surface area contributed by atoms with Crippen molar-refractivity contribution in [1.29, 1.82) is 0 Å². The van der Waals surface area contributed by atoms with Gasteiger partial charge in [-0.15, -0.1) is 11.8 Å². The second-order valence-electron chi connectivity index (χ2n) is 4.52. The summed E-state index contributed by atoms with van der Waals surface area (Å²) >= 11 is 8.05. The SMILES string of the molecule is O=c1[nH]c(CSc2ccccc2F)nc2c(Br)cc(Br)cc12. The molecule has 1 N–H and O–H groups in total. The summed E-state index contributed by atoms with van der Waals surface area (Å²) in [4.78, 5) is 19.9. The third-order valence-corrected chi connectivity index (χ3v) is 5.10. The van der Waals surface area contributed by atoms with Gasteiger partial charge in [-0.2, -0.15) is 0 Å². The van der Waals surface area contributed by atoms with E-state index in [1.54, 1.807) is 24.3 Å². The number of thioether (sulfide) groups is 1. The highest BCUT2D eigenvalue weighted by Gasteiger charge is 2.10. The van der Waals surface area contributed by atoms with Gasteiger partial charge in [0.1, 0.15) is 11.6 Å². The van der Waals surface area contributed by atoms with E-state index < -0.39 is 0 Å². The number of H-pyrrole nitrogens is 1. The first-order valence-electron chi connectivity index (χ1n) is 6.30. The average molecular weight is 444 g/mol. The van der Waals surface area contributed by atoms with Gasteiger partial charge in [-0.3, -0.25) is 4.79 Å². The average Bonchev–Trinajstić information content (AvgIpc) is 2.48. The minimum absolute atomic E-state index is 0.212. The maximum atomic E-state index is 13.6. The fourth-order valence-corrected chi connectivity index (χ4v) is 4.11. The Morgan fingerprint density at radius 2 is 2.00 bits per heavy atom. The van der Waals surface area contributed by atoms with E-state index in [2.05, 4.69) is 41.8 Å². The molecule has 2 aromatic carbocycles. The Morgan fingerprint density at radius 3 is 2.77 bits per heavy atom. The number of halogens is 3. The summed E-state index contributed by atoms with van der Waals surface area (Å²) in [5, 5.41) is 0.501. The molecule has 1 aromatic heterocycles. The number of nitrogens with zero attached hydrogens (tertiary/aromatic N) is 1. The number of nitrogens with one attached hydrogen (secondary N) is 1. The molecule has 0 aliphatic heterocycles. The van der Waals surface area contributed by atoms with E-state index in [1.807, 2.05) is 6.07 Å². The fraction of sp³-hybridized carbons (Fsp3) is 0.0667. The molecule has 0 radical (unpaired) electrons. The summed E-state index contributed by atoms with van der Waals surface area (Å²) in [6.07, 6.45) is 0. The molecular formula is C15H9Br2FN2OS. The molecule has 0 saturated carbocycles. The number of aromatic amines is 1. The van der Waals surface area contributed by atoms with Gasteiger partial charge in [-0.05, 0) is 40.2 Å². The lowest BCUT2D eigenvalue weighted by Gasteiger charge is -2.06. The van der Waals surface area contributed by atoms with Crippen molar-refractivity contribution < 1.29 is 4.39 Å². The van der Waals surface area contributed by atoms with E-state index in [1.165, 1.54) is 17.8 Å². The van der Waals surface area contributed by atoms with E-state index in [0.29, 0.717) is 27.4 Å². The first-order chi connectivity index (χ1) is 10.5. The smallest absolute Gasteiger partial charge is 0.258 e. The number of benzene rings is 2. The van der Waals surface area contributed by atoms with Crippen molar-refractivity contribution in [3.8, 4) is 0 Å². The van der Waals surface area contributed by atoms with Gasteiger partial charge in [0.25, 0.3) is 5.56 Å². The third-order valence-electron chi connectivity index (χ3n) is 2.98. The van der Waals surface area contributed by atoms with Crippen LogP contribution in [0.2, 0.25) is 0 Å². The number of rotatable bonds is 3. The maximum absolute atomic E-state index is 13.6. The van der Waals surface area contributed by atoms with Gasteiger partial charge in [-0.1, -0.05) is 28.1 Å². The van der Waals surface area contributed by atoms with Gasteiger partial charge in [0.05, 0.1) is 16.7 Å². The van der Waals surface area contributed by atoms with E-state index in [9.17, 15) is 9.18 Å². The lowest BCUT2D eigenvalue weighted by atomic mass is 10.2. The van der Waals surface area contributed by atoms with Crippen LogP contribution >= 0.6 is 43.6 Å². The number of hydrogen-bond acceptors (Lipinski definition) is 3. The van der Waals surface area contributed by atoms with E-state index in [0.717, 1.165) is 8.95 Å². The van der Waals surface area contributed by atoms with Crippen LogP contribution in [0.25, 0.3) is 10.9 Å². The Kier molecular flexibility index (Phi) is 4.65. The largest absolute Gasteiger partial charge is 0.309 e. The van der Waals surface area contributed by atoms with Crippen molar-refractivity contribution in [2.24, 2.45) is 0 Å². The number of hydrogen-bond donors (Lipinski definition) is 1. The molecule has 112 valence electrons. The van der Waals surface area contributed by atoms with Gasteiger partial charge >= 0.3 is 0 Å². The second-order valence-corrected chi connectivity index (χ2v) is 7.30. The minimum atomic E-state index is -0.277. The highest BCUT2D eigenvalue weighted by Crippen LogP contribution is 2.27. The predicted octanol–water partition coefficient (Wildman–Crippen LogP) is 4.88. The number of aromatic nitrogens is 2. The highest BCUT2D eigenvalue weighted by molar-refractivity contribution is 9.11. The molecule has 7 heteroatoms. The zero-order chi connectivity index (χ0) is 15.7. The van der Waals surface area contributed by atoms with Crippen molar-refractivity contribution >= 4 is 54.5 Å². The highest BCUT2D eigenvalue weighted by atomic mass is 79.9. The van der Waals surface area contributed by atoms with Crippen LogP contribution in [0.3, 0.4) is 0 Å². The Balaban J connectivity index is 1.95. The summed E-state index contributed by atoms with van der Waals surface area (Å²) in [5.41, 5.74) is 0.382. The molecule has 1 heterocycles. The first kappa shape index (κ1) is 15.7. The zero-order valence-corrected chi connectivity index (χ0v) is 15.1. The normalized spacial score (nSPS) is 11.0. The van der Waals surface area contributed by atoms with Crippen molar-refractivity contribution in [2.45, 2.75) is 10.6 Å². The lowest BCUT2D eigenvalue weighted by Crippen LogP contribution is -2.11. The summed E-state index contributed by atoms with van der Waals surface area (Å²) in [6, 6.07) is 10.1. The van der Waals surface area contributed by atoms with Crippen molar-refractivity contribution in [1.82, 2.24) is 9.97 Å². The van der Waals surface area contributed by atoms with Crippen LogP contribution in [0.15, 0.2) is 55.0 Å². The predicted molar refractivity (Wildman–Crippen MR) is 93.7 cm³/mol. The van der Waals surface area contributed by atoms with Crippen LogP contribution in [0.5, 0.6) is 0 Å². The van der Waals surface area contributed by atoms with Gasteiger partial charge in [0.15, 0.2) is 0 Å². The number of fused-ring (bicyclic) bond motifs is 1. The lowest BCUT2D eigenvalue weighted by molar-refractivity contribution is 0.602. The van der Waals surface area contributed by atoms with Crippen molar-refractivity contribution in [3.63, 3.8) is 0 Å². The molecule has 0 bridgehead atoms. The third kappa shape index (κ3) is 3.26. The van der Waals surface area contributed by atoms with Gasteiger partial charge in [0, 0.05) is 13.8 Å². The molecule has 3 aromatic rings. The molecular weight excluding hydrogens is 435 g/mol. The van der Waals surface area contributed by atoms with Crippen molar-refractivity contribution in [2.75, 3.05) is 0 Å². The van der Waals surface area contributed by atoms with Crippen LogP contribution in [0, 0.1) is 5.82 Å². The molecule has 0 atom stereocenters. The molecule has 0 aliphatic rings. The Morgan fingerprint density at radius 1 is 1.23 bits per heavy atom.